The standard InChI is InChI=1S/C17H35N3O/c1-15(2)18-11-17(7-6-10-21-14-17)13-20-9-8-19(5)16(3,4)12-20/h15,18H,6-14H2,1-5H3. The Hall–Kier alpha value is -0.160. The molecular formula is C17H35N3O. The van der Waals surface area contributed by atoms with Crippen LogP contribution in [0.25, 0.3) is 0 Å². The van der Waals surface area contributed by atoms with E-state index in [1.165, 1.54) is 32.5 Å². The van der Waals surface area contributed by atoms with Crippen molar-refractivity contribution in [1.29, 1.82) is 0 Å². The zero-order valence-corrected chi connectivity index (χ0v) is 14.7. The lowest BCUT2D eigenvalue weighted by Gasteiger charge is -2.49. The fraction of sp³-hybridized carbons (Fsp3) is 1.00. The number of nitrogens with one attached hydrogen (secondary N) is 1. The summed E-state index contributed by atoms with van der Waals surface area (Å²) >= 11 is 0. The number of nitrogens with zero attached hydrogens (tertiary/aromatic N) is 2. The summed E-state index contributed by atoms with van der Waals surface area (Å²) in [7, 11) is 2.25. The summed E-state index contributed by atoms with van der Waals surface area (Å²) in [6.45, 7) is 16.8. The molecule has 4 heteroatoms. The number of likely N-dealkylation sites (N-methyl/N-ethyl adjacent to an activating group) is 1. The minimum absolute atomic E-state index is 0.278. The fourth-order valence-corrected chi connectivity index (χ4v) is 3.60. The molecule has 0 radical (unpaired) electrons. The average molecular weight is 297 g/mol. The molecule has 0 aromatic rings. The first-order chi connectivity index (χ1) is 9.83. The van der Waals surface area contributed by atoms with Crippen LogP contribution in [0, 0.1) is 5.41 Å². The number of hydrogen-bond acceptors (Lipinski definition) is 4. The van der Waals surface area contributed by atoms with E-state index >= 15 is 0 Å². The second kappa shape index (κ2) is 6.95. The minimum Gasteiger partial charge on any atom is -0.381 e. The molecule has 2 aliphatic heterocycles. The molecule has 0 aromatic heterocycles. The van der Waals surface area contributed by atoms with E-state index in [0.29, 0.717) is 11.5 Å². The lowest BCUT2D eigenvalue weighted by atomic mass is 9.81. The van der Waals surface area contributed by atoms with E-state index in [0.717, 1.165) is 26.3 Å². The maximum atomic E-state index is 5.86. The predicted octanol–water partition coefficient (Wildman–Crippen LogP) is 1.81. The van der Waals surface area contributed by atoms with Crippen LogP contribution in [-0.4, -0.2) is 74.4 Å². The molecule has 1 atom stereocenters. The Bertz CT molecular complexity index is 324. The molecule has 1 N–H and O–H groups in total. The van der Waals surface area contributed by atoms with Crippen molar-refractivity contribution in [1.82, 2.24) is 15.1 Å². The third-order valence-corrected chi connectivity index (χ3v) is 5.24. The predicted molar refractivity (Wildman–Crippen MR) is 88.8 cm³/mol. The topological polar surface area (TPSA) is 27.7 Å². The van der Waals surface area contributed by atoms with E-state index < -0.39 is 0 Å². The molecule has 2 saturated heterocycles. The lowest BCUT2D eigenvalue weighted by molar-refractivity contribution is -0.0471. The van der Waals surface area contributed by atoms with Gasteiger partial charge in [0.05, 0.1) is 6.61 Å². The van der Waals surface area contributed by atoms with Gasteiger partial charge in [0, 0.05) is 56.3 Å². The van der Waals surface area contributed by atoms with Gasteiger partial charge in [-0.1, -0.05) is 13.8 Å². The highest BCUT2D eigenvalue weighted by Crippen LogP contribution is 2.31. The second-order valence-electron chi connectivity index (χ2n) is 8.14. The van der Waals surface area contributed by atoms with Gasteiger partial charge in [0.15, 0.2) is 0 Å². The highest BCUT2D eigenvalue weighted by atomic mass is 16.5. The molecule has 0 bridgehead atoms. The van der Waals surface area contributed by atoms with Crippen molar-refractivity contribution >= 4 is 0 Å². The molecule has 0 aromatic carbocycles. The normalized spacial score (nSPS) is 31.7. The molecule has 2 heterocycles. The quantitative estimate of drug-likeness (QED) is 0.837. The van der Waals surface area contributed by atoms with Crippen LogP contribution in [-0.2, 0) is 4.74 Å². The Morgan fingerprint density at radius 3 is 2.57 bits per heavy atom. The van der Waals surface area contributed by atoms with E-state index in [4.69, 9.17) is 4.74 Å². The van der Waals surface area contributed by atoms with Gasteiger partial charge >= 0.3 is 0 Å². The third kappa shape index (κ3) is 4.65. The average Bonchev–Trinajstić information content (AvgIpc) is 2.42. The van der Waals surface area contributed by atoms with E-state index in [-0.39, 0.29) is 5.54 Å². The van der Waals surface area contributed by atoms with Gasteiger partial charge in [0.25, 0.3) is 0 Å². The number of rotatable bonds is 5. The summed E-state index contributed by atoms with van der Waals surface area (Å²) in [6.07, 6.45) is 2.50. The van der Waals surface area contributed by atoms with Crippen LogP contribution >= 0.6 is 0 Å². The fourth-order valence-electron chi connectivity index (χ4n) is 3.60. The minimum atomic E-state index is 0.278. The molecular weight excluding hydrogens is 262 g/mol. The maximum absolute atomic E-state index is 5.86. The molecule has 124 valence electrons. The van der Waals surface area contributed by atoms with Crippen molar-refractivity contribution in [2.45, 2.75) is 52.1 Å². The highest BCUT2D eigenvalue weighted by molar-refractivity contribution is 4.93. The van der Waals surface area contributed by atoms with E-state index in [2.05, 4.69) is 49.9 Å². The van der Waals surface area contributed by atoms with Crippen LogP contribution in [0.1, 0.15) is 40.5 Å². The Labute approximate surface area is 131 Å². The van der Waals surface area contributed by atoms with Crippen molar-refractivity contribution < 1.29 is 4.74 Å². The van der Waals surface area contributed by atoms with Gasteiger partial charge in [-0.25, -0.2) is 0 Å². The molecule has 0 amide bonds. The Kier molecular flexibility index (Phi) is 5.69. The van der Waals surface area contributed by atoms with Crippen molar-refractivity contribution in [3.8, 4) is 0 Å². The molecule has 4 nitrogen and oxygen atoms in total. The van der Waals surface area contributed by atoms with E-state index in [1.54, 1.807) is 0 Å². The van der Waals surface area contributed by atoms with Gasteiger partial charge in [0.1, 0.15) is 0 Å². The van der Waals surface area contributed by atoms with Crippen LogP contribution in [0.3, 0.4) is 0 Å². The largest absolute Gasteiger partial charge is 0.381 e. The Balaban J connectivity index is 1.98. The highest BCUT2D eigenvalue weighted by Gasteiger charge is 2.38. The third-order valence-electron chi connectivity index (χ3n) is 5.24. The number of piperazine rings is 1. The van der Waals surface area contributed by atoms with Gasteiger partial charge in [0.2, 0.25) is 0 Å². The number of hydrogen-bond donors (Lipinski definition) is 1. The summed E-state index contributed by atoms with van der Waals surface area (Å²) in [5.41, 5.74) is 0.578. The van der Waals surface area contributed by atoms with Crippen LogP contribution < -0.4 is 5.32 Å². The van der Waals surface area contributed by atoms with Gasteiger partial charge in [-0.15, -0.1) is 0 Å². The second-order valence-corrected chi connectivity index (χ2v) is 8.14. The van der Waals surface area contributed by atoms with Crippen molar-refractivity contribution in [2.24, 2.45) is 5.41 Å². The van der Waals surface area contributed by atoms with Crippen molar-refractivity contribution in [2.75, 3.05) is 53.0 Å². The molecule has 0 saturated carbocycles. The first kappa shape index (κ1) is 17.2. The summed E-state index contributed by atoms with van der Waals surface area (Å²) in [6, 6.07) is 0.549. The first-order valence-corrected chi connectivity index (χ1v) is 8.58. The monoisotopic (exact) mass is 297 g/mol. The molecule has 2 fully saturated rings. The van der Waals surface area contributed by atoms with E-state index in [1.807, 2.05) is 0 Å². The Morgan fingerprint density at radius 1 is 1.24 bits per heavy atom. The summed E-state index contributed by atoms with van der Waals surface area (Å²) in [5, 5.41) is 3.66. The molecule has 0 spiro atoms. The zero-order valence-electron chi connectivity index (χ0n) is 14.7. The van der Waals surface area contributed by atoms with Gasteiger partial charge in [-0.05, 0) is 33.7 Å². The van der Waals surface area contributed by atoms with Crippen molar-refractivity contribution in [3.63, 3.8) is 0 Å². The lowest BCUT2D eigenvalue weighted by Crippen LogP contribution is -2.60. The van der Waals surface area contributed by atoms with Crippen LogP contribution in [0.5, 0.6) is 0 Å². The zero-order chi connectivity index (χ0) is 15.5. The molecule has 21 heavy (non-hydrogen) atoms. The summed E-state index contributed by atoms with van der Waals surface area (Å²) < 4.78 is 5.86. The number of ether oxygens (including phenoxy) is 1. The smallest absolute Gasteiger partial charge is 0.0546 e. The van der Waals surface area contributed by atoms with Crippen LogP contribution in [0.4, 0.5) is 0 Å². The van der Waals surface area contributed by atoms with Crippen LogP contribution in [0.15, 0.2) is 0 Å². The van der Waals surface area contributed by atoms with Crippen molar-refractivity contribution in [3.05, 3.63) is 0 Å². The molecule has 1 unspecified atom stereocenters. The van der Waals surface area contributed by atoms with Gasteiger partial charge < -0.3 is 10.1 Å². The summed E-state index contributed by atoms with van der Waals surface area (Å²) in [5.74, 6) is 0. The Morgan fingerprint density at radius 2 is 2.00 bits per heavy atom. The maximum Gasteiger partial charge on any atom is 0.0546 e. The molecule has 2 aliphatic rings. The van der Waals surface area contributed by atoms with E-state index in [9.17, 15) is 0 Å². The van der Waals surface area contributed by atoms with Crippen LogP contribution in [0.2, 0.25) is 0 Å². The van der Waals surface area contributed by atoms with Gasteiger partial charge in [-0.3, -0.25) is 9.80 Å². The molecule has 0 aliphatic carbocycles. The molecule has 2 rings (SSSR count). The summed E-state index contributed by atoms with van der Waals surface area (Å²) in [4.78, 5) is 5.15. The van der Waals surface area contributed by atoms with Gasteiger partial charge in [-0.2, -0.15) is 0 Å². The first-order valence-electron chi connectivity index (χ1n) is 8.58. The SMILES string of the molecule is CC(C)NCC1(CN2CCN(C)C(C)(C)C2)CCCOC1.